The number of hydrogen-bond donors (Lipinski definition) is 1. The van der Waals surface area contributed by atoms with Gasteiger partial charge < -0.3 is 10.1 Å². The third-order valence-electron chi connectivity index (χ3n) is 6.19. The van der Waals surface area contributed by atoms with E-state index in [2.05, 4.69) is 5.32 Å². The maximum Gasteiger partial charge on any atom is 0.312 e. The number of ether oxygens (including phenoxy) is 1. The molecule has 1 aromatic rings. The van der Waals surface area contributed by atoms with Crippen LogP contribution in [-0.2, 0) is 14.3 Å². The summed E-state index contributed by atoms with van der Waals surface area (Å²) in [6.07, 6.45) is 4.72. The van der Waals surface area contributed by atoms with Crippen molar-refractivity contribution < 1.29 is 14.3 Å². The molecule has 4 aliphatic rings. The fourth-order valence-corrected chi connectivity index (χ4v) is 6.32. The Balaban J connectivity index is 1.41. The number of alkyl halides is 1. The molecule has 6 heteroatoms. The molecule has 0 spiro atoms. The highest BCUT2D eigenvalue weighted by molar-refractivity contribution is 6.30. The molecule has 2 unspecified atom stereocenters. The number of benzene rings is 1. The first-order valence-corrected chi connectivity index (χ1v) is 9.99. The van der Waals surface area contributed by atoms with Gasteiger partial charge in [-0.25, -0.2) is 0 Å². The first-order chi connectivity index (χ1) is 12.3. The number of halogens is 2. The zero-order chi connectivity index (χ0) is 18.5. The average molecular weight is 396 g/mol. The Bertz CT molecular complexity index is 719. The molecule has 0 aromatic heterocycles. The van der Waals surface area contributed by atoms with Crippen LogP contribution in [0.4, 0.5) is 5.69 Å². The highest BCUT2D eigenvalue weighted by atomic mass is 35.5. The van der Waals surface area contributed by atoms with E-state index in [0.717, 1.165) is 25.7 Å². The zero-order valence-electron chi connectivity index (χ0n) is 14.8. The van der Waals surface area contributed by atoms with Crippen LogP contribution in [-0.4, -0.2) is 22.9 Å². The van der Waals surface area contributed by atoms with Crippen molar-refractivity contribution in [3.8, 4) is 0 Å². The third kappa shape index (κ3) is 3.34. The predicted molar refractivity (Wildman–Crippen MR) is 101 cm³/mol. The van der Waals surface area contributed by atoms with Crippen LogP contribution in [0.5, 0.6) is 0 Å². The average Bonchev–Trinajstić information content (AvgIpc) is 2.54. The van der Waals surface area contributed by atoms with Crippen molar-refractivity contribution >= 4 is 40.8 Å². The van der Waals surface area contributed by atoms with Crippen LogP contribution in [0.15, 0.2) is 24.3 Å². The molecule has 5 atom stereocenters. The highest BCUT2D eigenvalue weighted by Crippen LogP contribution is 2.64. The van der Waals surface area contributed by atoms with E-state index in [4.69, 9.17) is 27.9 Å². The fourth-order valence-electron chi connectivity index (χ4n) is 5.51. The lowest BCUT2D eigenvalue weighted by Crippen LogP contribution is -2.57. The summed E-state index contributed by atoms with van der Waals surface area (Å²) in [5.41, 5.74) is 0.123. The Kier molecular flexibility index (Phi) is 4.47. The number of carbonyl (C=O) groups is 2. The number of anilines is 1. The molecule has 4 bridgehead atoms. The van der Waals surface area contributed by atoms with Crippen LogP contribution >= 0.6 is 23.2 Å². The highest BCUT2D eigenvalue weighted by Gasteiger charge is 2.61. The van der Waals surface area contributed by atoms with Gasteiger partial charge >= 0.3 is 5.97 Å². The van der Waals surface area contributed by atoms with E-state index < -0.39 is 11.5 Å². The van der Waals surface area contributed by atoms with Gasteiger partial charge in [0.15, 0.2) is 6.10 Å². The first kappa shape index (κ1) is 18.1. The molecule has 1 amide bonds. The van der Waals surface area contributed by atoms with Gasteiger partial charge in [0.05, 0.1) is 5.41 Å². The Labute approximate surface area is 163 Å². The summed E-state index contributed by atoms with van der Waals surface area (Å²) in [6, 6.07) is 6.82. The summed E-state index contributed by atoms with van der Waals surface area (Å²) in [6.45, 7) is 1.61. The van der Waals surface area contributed by atoms with Crippen LogP contribution in [0, 0.1) is 17.3 Å². The summed E-state index contributed by atoms with van der Waals surface area (Å²) in [5.74, 6) is 0.431. The Morgan fingerprint density at radius 2 is 1.77 bits per heavy atom. The fraction of sp³-hybridized carbons (Fsp3) is 0.600. The molecule has 4 aliphatic carbocycles. The van der Waals surface area contributed by atoms with E-state index in [1.807, 2.05) is 0 Å². The van der Waals surface area contributed by atoms with Crippen molar-refractivity contribution in [2.75, 3.05) is 5.32 Å². The zero-order valence-corrected chi connectivity index (χ0v) is 16.3. The molecule has 0 saturated heterocycles. The number of hydrogen-bond acceptors (Lipinski definition) is 3. The predicted octanol–water partition coefficient (Wildman–Crippen LogP) is 4.79. The Hall–Kier alpha value is -1.26. The van der Waals surface area contributed by atoms with Crippen molar-refractivity contribution in [2.24, 2.45) is 17.3 Å². The van der Waals surface area contributed by atoms with E-state index in [1.54, 1.807) is 31.2 Å². The maximum atomic E-state index is 13.0. The minimum absolute atomic E-state index is 0.252. The lowest BCUT2D eigenvalue weighted by atomic mass is 9.49. The van der Waals surface area contributed by atoms with Crippen molar-refractivity contribution in [3.63, 3.8) is 0 Å². The van der Waals surface area contributed by atoms with Crippen LogP contribution in [0.2, 0.25) is 5.02 Å². The van der Waals surface area contributed by atoms with Crippen molar-refractivity contribution in [1.82, 2.24) is 0 Å². The second-order valence-corrected chi connectivity index (χ2v) is 9.67. The molecule has 5 rings (SSSR count). The molecule has 0 aliphatic heterocycles. The second kappa shape index (κ2) is 6.42. The summed E-state index contributed by atoms with van der Waals surface area (Å²) in [7, 11) is 0. The van der Waals surface area contributed by atoms with Gasteiger partial charge in [0, 0.05) is 15.6 Å². The van der Waals surface area contributed by atoms with Gasteiger partial charge in [0.25, 0.3) is 5.91 Å². The van der Waals surface area contributed by atoms with Gasteiger partial charge in [-0.15, -0.1) is 11.6 Å². The van der Waals surface area contributed by atoms with Crippen molar-refractivity contribution in [1.29, 1.82) is 0 Å². The van der Waals surface area contributed by atoms with Gasteiger partial charge in [-0.1, -0.05) is 11.6 Å². The van der Waals surface area contributed by atoms with E-state index in [1.165, 1.54) is 6.42 Å². The topological polar surface area (TPSA) is 55.4 Å². The summed E-state index contributed by atoms with van der Waals surface area (Å²) < 4.78 is 5.60. The van der Waals surface area contributed by atoms with Crippen molar-refractivity contribution in [3.05, 3.63) is 29.3 Å². The normalized spacial score (nSPS) is 35.8. The van der Waals surface area contributed by atoms with Crippen LogP contribution in [0.3, 0.4) is 0 Å². The molecule has 4 nitrogen and oxygen atoms in total. The smallest absolute Gasteiger partial charge is 0.312 e. The minimum atomic E-state index is -0.850. The summed E-state index contributed by atoms with van der Waals surface area (Å²) in [4.78, 5) is 25.1. The Morgan fingerprint density at radius 3 is 2.35 bits per heavy atom. The molecular weight excluding hydrogens is 373 g/mol. The Morgan fingerprint density at radius 1 is 1.15 bits per heavy atom. The SMILES string of the molecule is C[C@@H](OC(=O)C12C[C@@H]3C[C@@H](CC(Cl)(C3)C1)C2)C(=O)Nc1ccc(Cl)cc1. The quantitative estimate of drug-likeness (QED) is 0.588. The van der Waals surface area contributed by atoms with Crippen molar-refractivity contribution in [2.45, 2.75) is 56.4 Å². The second-order valence-electron chi connectivity index (χ2n) is 8.44. The van der Waals surface area contributed by atoms with E-state index in [-0.39, 0.29) is 16.8 Å². The lowest BCUT2D eigenvalue weighted by Gasteiger charge is -2.58. The van der Waals surface area contributed by atoms with Crippen LogP contribution in [0.25, 0.3) is 0 Å². The standard InChI is InChI=1S/C20H23Cl2NO3/c1-12(17(24)23-16-4-2-15(21)3-5-16)26-18(25)19-7-13-6-14(8-19)10-20(22,9-13)11-19/h2-5,12-14H,6-11H2,1H3,(H,23,24)/t12-,13-,14+,19?,20?/m1/s1. The van der Waals surface area contributed by atoms with Crippen LogP contribution < -0.4 is 5.32 Å². The summed E-state index contributed by atoms with van der Waals surface area (Å²) in [5, 5.41) is 3.35. The minimum Gasteiger partial charge on any atom is -0.452 e. The van der Waals surface area contributed by atoms with Gasteiger partial charge in [-0.3, -0.25) is 9.59 Å². The molecule has 1 aromatic carbocycles. The first-order valence-electron chi connectivity index (χ1n) is 9.23. The number of esters is 1. The third-order valence-corrected chi connectivity index (χ3v) is 6.88. The monoisotopic (exact) mass is 395 g/mol. The molecule has 26 heavy (non-hydrogen) atoms. The summed E-state index contributed by atoms with van der Waals surface area (Å²) >= 11 is 12.6. The number of nitrogens with one attached hydrogen (secondary N) is 1. The van der Waals surface area contributed by atoms with Gasteiger partial charge in [0.1, 0.15) is 0 Å². The molecule has 0 heterocycles. The number of rotatable bonds is 4. The molecular formula is C20H23Cl2NO3. The van der Waals surface area contributed by atoms with E-state index >= 15 is 0 Å². The molecule has 1 N–H and O–H groups in total. The van der Waals surface area contributed by atoms with Crippen LogP contribution in [0.1, 0.15) is 45.4 Å². The van der Waals surface area contributed by atoms with E-state index in [9.17, 15) is 9.59 Å². The molecule has 4 saturated carbocycles. The molecule has 140 valence electrons. The van der Waals surface area contributed by atoms with Gasteiger partial charge in [-0.2, -0.15) is 0 Å². The number of amides is 1. The number of carbonyl (C=O) groups excluding carboxylic acids is 2. The molecule has 0 radical (unpaired) electrons. The van der Waals surface area contributed by atoms with E-state index in [0.29, 0.717) is 29.0 Å². The maximum absolute atomic E-state index is 13.0. The van der Waals surface area contributed by atoms with Gasteiger partial charge in [-0.05, 0) is 81.5 Å². The lowest BCUT2D eigenvalue weighted by molar-refractivity contribution is -0.176. The largest absolute Gasteiger partial charge is 0.452 e. The van der Waals surface area contributed by atoms with Gasteiger partial charge in [0.2, 0.25) is 0 Å². The molecule has 4 fully saturated rings.